The van der Waals surface area contributed by atoms with E-state index in [2.05, 4.69) is 27.1 Å². The minimum atomic E-state index is 0.118. The maximum absolute atomic E-state index is 12.0. The van der Waals surface area contributed by atoms with E-state index in [1.54, 1.807) is 0 Å². The van der Waals surface area contributed by atoms with Crippen molar-refractivity contribution in [2.75, 3.05) is 19.6 Å². The zero-order valence-electron chi connectivity index (χ0n) is 13.4. The average Bonchev–Trinajstić information content (AvgIpc) is 2.45. The minimum Gasteiger partial charge on any atom is -0.349 e. The highest BCUT2D eigenvalue weighted by atomic mass is 16.1. The second kappa shape index (κ2) is 7.50. The summed E-state index contributed by atoms with van der Waals surface area (Å²) in [4.78, 5) is 23.2. The summed E-state index contributed by atoms with van der Waals surface area (Å²) in [7, 11) is 0. The standard InChI is InChI=1S/C16H26N4O/c1-4-20-7-5-14(6-8-20)10-16(21)17-11-15-18-12(2)9-13(3)19-15/h9,14H,4-8,10-11H2,1-3H3,(H,17,21). The van der Waals surface area contributed by atoms with Gasteiger partial charge in [-0.05, 0) is 58.3 Å². The van der Waals surface area contributed by atoms with Crippen LogP contribution < -0.4 is 5.32 Å². The second-order valence-electron chi connectivity index (χ2n) is 5.93. The average molecular weight is 290 g/mol. The molecule has 2 heterocycles. The number of nitrogens with one attached hydrogen (secondary N) is 1. The SMILES string of the molecule is CCN1CCC(CC(=O)NCc2nc(C)cc(C)n2)CC1. The lowest BCUT2D eigenvalue weighted by Crippen LogP contribution is -2.35. The number of piperidine rings is 1. The lowest BCUT2D eigenvalue weighted by molar-refractivity contribution is -0.122. The van der Waals surface area contributed by atoms with Crippen LogP contribution >= 0.6 is 0 Å². The molecule has 0 atom stereocenters. The maximum Gasteiger partial charge on any atom is 0.220 e. The van der Waals surface area contributed by atoms with Crippen molar-refractivity contribution in [1.82, 2.24) is 20.2 Å². The molecule has 0 radical (unpaired) electrons. The predicted molar refractivity (Wildman–Crippen MR) is 82.8 cm³/mol. The summed E-state index contributed by atoms with van der Waals surface area (Å²) in [6, 6.07) is 1.94. The van der Waals surface area contributed by atoms with Crippen molar-refractivity contribution in [2.45, 2.75) is 46.6 Å². The van der Waals surface area contributed by atoms with Crippen molar-refractivity contribution in [3.05, 3.63) is 23.3 Å². The first kappa shape index (κ1) is 15.9. The molecular formula is C16H26N4O. The third-order valence-corrected chi connectivity index (χ3v) is 4.10. The lowest BCUT2D eigenvalue weighted by atomic mass is 9.93. The topological polar surface area (TPSA) is 58.1 Å². The number of carbonyl (C=O) groups excluding carboxylic acids is 1. The molecule has 0 aromatic carbocycles. The summed E-state index contributed by atoms with van der Waals surface area (Å²) in [6.07, 6.45) is 2.88. The Kier molecular flexibility index (Phi) is 5.67. The summed E-state index contributed by atoms with van der Waals surface area (Å²) >= 11 is 0. The van der Waals surface area contributed by atoms with Crippen LogP contribution in [-0.2, 0) is 11.3 Å². The highest BCUT2D eigenvalue weighted by Crippen LogP contribution is 2.20. The molecule has 0 spiro atoms. The van der Waals surface area contributed by atoms with Crippen LogP contribution in [0.15, 0.2) is 6.07 Å². The van der Waals surface area contributed by atoms with Gasteiger partial charge < -0.3 is 10.2 Å². The number of rotatable bonds is 5. The normalized spacial score (nSPS) is 16.9. The molecular weight excluding hydrogens is 264 g/mol. The zero-order valence-corrected chi connectivity index (χ0v) is 13.4. The predicted octanol–water partition coefficient (Wildman–Crippen LogP) is 1.83. The Balaban J connectivity index is 1.75. The van der Waals surface area contributed by atoms with E-state index < -0.39 is 0 Å². The highest BCUT2D eigenvalue weighted by Gasteiger charge is 2.20. The monoisotopic (exact) mass is 290 g/mol. The van der Waals surface area contributed by atoms with E-state index in [1.807, 2.05) is 19.9 Å². The van der Waals surface area contributed by atoms with E-state index in [9.17, 15) is 4.79 Å². The Morgan fingerprint density at radius 3 is 2.48 bits per heavy atom. The first-order valence-corrected chi connectivity index (χ1v) is 7.87. The van der Waals surface area contributed by atoms with E-state index in [0.29, 0.717) is 24.7 Å². The van der Waals surface area contributed by atoms with E-state index in [4.69, 9.17) is 0 Å². The van der Waals surface area contributed by atoms with Gasteiger partial charge in [-0.25, -0.2) is 9.97 Å². The molecule has 0 saturated carbocycles. The van der Waals surface area contributed by atoms with E-state index in [0.717, 1.165) is 43.9 Å². The largest absolute Gasteiger partial charge is 0.349 e. The third-order valence-electron chi connectivity index (χ3n) is 4.10. The molecule has 1 aliphatic heterocycles. The van der Waals surface area contributed by atoms with Gasteiger partial charge in [0.15, 0.2) is 0 Å². The van der Waals surface area contributed by atoms with E-state index in [1.165, 1.54) is 0 Å². The van der Waals surface area contributed by atoms with E-state index in [-0.39, 0.29) is 5.91 Å². The van der Waals surface area contributed by atoms with Crippen LogP contribution in [0.4, 0.5) is 0 Å². The van der Waals surface area contributed by atoms with Crippen LogP contribution in [0, 0.1) is 19.8 Å². The highest BCUT2D eigenvalue weighted by molar-refractivity contribution is 5.76. The third kappa shape index (κ3) is 5.08. The van der Waals surface area contributed by atoms with Gasteiger partial charge in [-0.15, -0.1) is 0 Å². The van der Waals surface area contributed by atoms with Crippen molar-refractivity contribution in [3.63, 3.8) is 0 Å². The van der Waals surface area contributed by atoms with Gasteiger partial charge in [0.1, 0.15) is 5.82 Å². The molecule has 1 aromatic heterocycles. The van der Waals surface area contributed by atoms with Crippen molar-refractivity contribution in [3.8, 4) is 0 Å². The summed E-state index contributed by atoms with van der Waals surface area (Å²) in [6.45, 7) is 9.86. The summed E-state index contributed by atoms with van der Waals surface area (Å²) < 4.78 is 0. The molecule has 1 aliphatic rings. The van der Waals surface area contributed by atoms with Crippen LogP contribution in [0.3, 0.4) is 0 Å². The fourth-order valence-corrected chi connectivity index (χ4v) is 2.90. The molecule has 2 rings (SSSR count). The van der Waals surface area contributed by atoms with Crippen molar-refractivity contribution < 1.29 is 4.79 Å². The fourth-order valence-electron chi connectivity index (χ4n) is 2.90. The molecule has 0 aliphatic carbocycles. The zero-order chi connectivity index (χ0) is 15.2. The van der Waals surface area contributed by atoms with Crippen LogP contribution in [0.2, 0.25) is 0 Å². The first-order chi connectivity index (χ1) is 10.1. The van der Waals surface area contributed by atoms with Gasteiger partial charge in [0, 0.05) is 17.8 Å². The van der Waals surface area contributed by atoms with E-state index >= 15 is 0 Å². The number of carbonyl (C=O) groups is 1. The van der Waals surface area contributed by atoms with Gasteiger partial charge >= 0.3 is 0 Å². The molecule has 1 N–H and O–H groups in total. The Hall–Kier alpha value is -1.49. The maximum atomic E-state index is 12.0. The molecule has 5 heteroatoms. The Bertz CT molecular complexity index is 461. The molecule has 1 saturated heterocycles. The summed E-state index contributed by atoms with van der Waals surface area (Å²) in [5.41, 5.74) is 1.89. The molecule has 0 unspecified atom stereocenters. The van der Waals surface area contributed by atoms with Gasteiger partial charge in [-0.3, -0.25) is 4.79 Å². The molecule has 1 fully saturated rings. The number of hydrogen-bond acceptors (Lipinski definition) is 4. The number of hydrogen-bond donors (Lipinski definition) is 1. The molecule has 116 valence electrons. The van der Waals surface area contributed by atoms with Crippen molar-refractivity contribution in [1.29, 1.82) is 0 Å². The fraction of sp³-hybridized carbons (Fsp3) is 0.688. The van der Waals surface area contributed by atoms with Gasteiger partial charge in [0.05, 0.1) is 6.54 Å². The molecule has 0 bridgehead atoms. The number of nitrogens with zero attached hydrogens (tertiary/aromatic N) is 3. The Labute approximate surface area is 127 Å². The van der Waals surface area contributed by atoms with Gasteiger partial charge in [0.2, 0.25) is 5.91 Å². The number of aromatic nitrogens is 2. The van der Waals surface area contributed by atoms with Crippen LogP contribution in [-0.4, -0.2) is 40.4 Å². The van der Waals surface area contributed by atoms with Crippen LogP contribution in [0.5, 0.6) is 0 Å². The van der Waals surface area contributed by atoms with Gasteiger partial charge in [-0.1, -0.05) is 6.92 Å². The van der Waals surface area contributed by atoms with Crippen LogP contribution in [0.1, 0.15) is 43.4 Å². The molecule has 1 aromatic rings. The quantitative estimate of drug-likeness (QED) is 0.899. The number of aryl methyl sites for hydroxylation is 2. The minimum absolute atomic E-state index is 0.118. The summed E-state index contributed by atoms with van der Waals surface area (Å²) in [5, 5.41) is 2.95. The molecule has 1 amide bonds. The van der Waals surface area contributed by atoms with Gasteiger partial charge in [-0.2, -0.15) is 0 Å². The molecule has 21 heavy (non-hydrogen) atoms. The van der Waals surface area contributed by atoms with Gasteiger partial charge in [0.25, 0.3) is 0 Å². The Morgan fingerprint density at radius 1 is 1.29 bits per heavy atom. The van der Waals surface area contributed by atoms with Crippen molar-refractivity contribution in [2.24, 2.45) is 5.92 Å². The van der Waals surface area contributed by atoms with Crippen molar-refractivity contribution >= 4 is 5.91 Å². The Morgan fingerprint density at radius 2 is 1.90 bits per heavy atom. The smallest absolute Gasteiger partial charge is 0.220 e. The molecule has 5 nitrogen and oxygen atoms in total. The lowest BCUT2D eigenvalue weighted by Gasteiger charge is -2.30. The summed E-state index contributed by atoms with van der Waals surface area (Å²) in [5.74, 6) is 1.34. The number of amides is 1. The second-order valence-corrected chi connectivity index (χ2v) is 5.93. The number of likely N-dealkylation sites (tertiary alicyclic amines) is 1. The van der Waals surface area contributed by atoms with Crippen LogP contribution in [0.25, 0.3) is 0 Å². The first-order valence-electron chi connectivity index (χ1n) is 7.87.